The van der Waals surface area contributed by atoms with E-state index in [4.69, 9.17) is 12.2 Å². The Kier molecular flexibility index (Phi) is 3.28. The number of thiocarbonyl (C=S) groups is 1. The van der Waals surface area contributed by atoms with Crippen LogP contribution in [0.2, 0.25) is 0 Å². The Balaban J connectivity index is 2.05. The van der Waals surface area contributed by atoms with Crippen molar-refractivity contribution in [2.24, 2.45) is 0 Å². The monoisotopic (exact) mass is 236 g/mol. The van der Waals surface area contributed by atoms with Gasteiger partial charge in [0.1, 0.15) is 4.32 Å². The van der Waals surface area contributed by atoms with Crippen LogP contribution in [0.15, 0.2) is 30.3 Å². The molecule has 0 amide bonds. The first-order valence-electron chi connectivity index (χ1n) is 4.79. The molecule has 0 aliphatic carbocycles. The molecule has 0 saturated heterocycles. The van der Waals surface area contributed by atoms with E-state index >= 15 is 0 Å². The predicted octanol–water partition coefficient (Wildman–Crippen LogP) is 2.51. The highest BCUT2D eigenvalue weighted by molar-refractivity contribution is 8.11. The normalized spacial score (nSPS) is 10.5. The van der Waals surface area contributed by atoms with E-state index < -0.39 is 0 Å². The molecule has 2 rings (SSSR count). The van der Waals surface area contributed by atoms with Gasteiger partial charge in [0.25, 0.3) is 0 Å². The third-order valence-corrected chi connectivity index (χ3v) is 2.56. The molecule has 2 aromatic rings. The van der Waals surface area contributed by atoms with Crippen molar-refractivity contribution in [1.82, 2.24) is 10.3 Å². The molecule has 0 saturated carbocycles. The molecule has 1 aromatic carbocycles. The second-order valence-electron chi connectivity index (χ2n) is 3.36. The first kappa shape index (κ1) is 10.5. The summed E-state index contributed by atoms with van der Waals surface area (Å²) in [7, 11) is 0. The fraction of sp³-hybridized carbons (Fsp3) is 0.182. The summed E-state index contributed by atoms with van der Waals surface area (Å²) in [6.07, 6.45) is 0.926. The SMILES string of the molecule is S=C(S)NCCc1cc2ccccc2[nH]1. The molecule has 0 aliphatic heterocycles. The Morgan fingerprint density at radius 3 is 2.93 bits per heavy atom. The number of aromatic nitrogens is 1. The summed E-state index contributed by atoms with van der Waals surface area (Å²) in [5.41, 5.74) is 2.40. The summed E-state index contributed by atoms with van der Waals surface area (Å²) >= 11 is 8.82. The number of rotatable bonds is 3. The maximum Gasteiger partial charge on any atom is 0.130 e. The number of fused-ring (bicyclic) bond motifs is 1. The van der Waals surface area contributed by atoms with Crippen molar-refractivity contribution in [2.75, 3.05) is 6.54 Å². The highest BCUT2D eigenvalue weighted by Gasteiger charge is 1.99. The largest absolute Gasteiger partial charge is 0.371 e. The molecule has 0 fully saturated rings. The van der Waals surface area contributed by atoms with Crippen LogP contribution in [0.4, 0.5) is 0 Å². The molecule has 15 heavy (non-hydrogen) atoms. The van der Waals surface area contributed by atoms with E-state index in [1.165, 1.54) is 16.6 Å². The van der Waals surface area contributed by atoms with Crippen LogP contribution < -0.4 is 5.32 Å². The zero-order valence-electron chi connectivity index (χ0n) is 8.16. The minimum atomic E-state index is 0.547. The summed E-state index contributed by atoms with van der Waals surface area (Å²) in [6, 6.07) is 10.4. The van der Waals surface area contributed by atoms with Crippen molar-refractivity contribution >= 4 is 40.1 Å². The summed E-state index contributed by atoms with van der Waals surface area (Å²) in [5.74, 6) is 0. The molecule has 0 spiro atoms. The van der Waals surface area contributed by atoms with Crippen molar-refractivity contribution in [2.45, 2.75) is 6.42 Å². The number of nitrogens with one attached hydrogen (secondary N) is 2. The van der Waals surface area contributed by atoms with Gasteiger partial charge in [-0.15, -0.1) is 12.6 Å². The lowest BCUT2D eigenvalue weighted by Crippen LogP contribution is -2.19. The van der Waals surface area contributed by atoms with E-state index in [1.54, 1.807) is 0 Å². The fourth-order valence-corrected chi connectivity index (χ4v) is 1.79. The molecule has 2 nitrogen and oxygen atoms in total. The van der Waals surface area contributed by atoms with Crippen molar-refractivity contribution < 1.29 is 0 Å². The summed E-state index contributed by atoms with van der Waals surface area (Å²) < 4.78 is 0.547. The molecule has 1 aromatic heterocycles. The molecule has 4 heteroatoms. The Morgan fingerprint density at radius 1 is 1.40 bits per heavy atom. The first-order chi connectivity index (χ1) is 7.25. The van der Waals surface area contributed by atoms with E-state index in [1.807, 2.05) is 12.1 Å². The third-order valence-electron chi connectivity index (χ3n) is 2.26. The zero-order valence-corrected chi connectivity index (χ0v) is 9.87. The predicted molar refractivity (Wildman–Crippen MR) is 71.6 cm³/mol. The average Bonchev–Trinajstić information content (AvgIpc) is 2.59. The van der Waals surface area contributed by atoms with Gasteiger partial charge in [-0.2, -0.15) is 0 Å². The Morgan fingerprint density at radius 2 is 2.20 bits per heavy atom. The lowest BCUT2D eigenvalue weighted by Gasteiger charge is -2.00. The van der Waals surface area contributed by atoms with E-state index in [9.17, 15) is 0 Å². The number of para-hydroxylation sites is 1. The van der Waals surface area contributed by atoms with Crippen molar-refractivity contribution in [3.63, 3.8) is 0 Å². The van der Waals surface area contributed by atoms with Gasteiger partial charge >= 0.3 is 0 Å². The summed E-state index contributed by atoms with van der Waals surface area (Å²) in [5, 5.41) is 4.26. The van der Waals surface area contributed by atoms with Crippen LogP contribution in [-0.4, -0.2) is 15.8 Å². The fourth-order valence-electron chi connectivity index (χ4n) is 1.57. The molecule has 1 heterocycles. The maximum absolute atomic E-state index is 4.82. The minimum absolute atomic E-state index is 0.547. The van der Waals surface area contributed by atoms with Crippen molar-refractivity contribution in [3.8, 4) is 0 Å². The van der Waals surface area contributed by atoms with Crippen LogP contribution in [0.1, 0.15) is 5.69 Å². The quantitative estimate of drug-likeness (QED) is 0.564. The van der Waals surface area contributed by atoms with Crippen LogP contribution >= 0.6 is 24.8 Å². The molecule has 0 atom stereocenters. The number of thiol groups is 1. The summed E-state index contributed by atoms with van der Waals surface area (Å²) in [6.45, 7) is 0.815. The van der Waals surface area contributed by atoms with Gasteiger partial charge in [-0.3, -0.25) is 0 Å². The molecule has 0 unspecified atom stereocenters. The van der Waals surface area contributed by atoms with Gasteiger partial charge in [0.05, 0.1) is 0 Å². The van der Waals surface area contributed by atoms with Gasteiger partial charge in [0.15, 0.2) is 0 Å². The Hall–Kier alpha value is -1.00. The summed E-state index contributed by atoms with van der Waals surface area (Å²) in [4.78, 5) is 3.36. The van der Waals surface area contributed by atoms with Gasteiger partial charge in [-0.25, -0.2) is 0 Å². The standard InChI is InChI=1S/C11H12N2S2/c14-11(15)12-6-5-9-7-8-3-1-2-4-10(8)13-9/h1-4,7,13H,5-6H2,(H2,12,14,15). The van der Waals surface area contributed by atoms with Crippen LogP contribution in [0.3, 0.4) is 0 Å². The highest BCUT2D eigenvalue weighted by Crippen LogP contribution is 2.14. The van der Waals surface area contributed by atoms with E-state index in [-0.39, 0.29) is 0 Å². The smallest absolute Gasteiger partial charge is 0.130 e. The molecular weight excluding hydrogens is 224 g/mol. The lowest BCUT2D eigenvalue weighted by molar-refractivity contribution is 0.865. The lowest BCUT2D eigenvalue weighted by atomic mass is 10.2. The topological polar surface area (TPSA) is 27.8 Å². The molecule has 2 N–H and O–H groups in total. The zero-order chi connectivity index (χ0) is 10.7. The Labute approximate surface area is 99.5 Å². The number of H-pyrrole nitrogens is 1. The van der Waals surface area contributed by atoms with Crippen LogP contribution in [0, 0.1) is 0 Å². The van der Waals surface area contributed by atoms with Gasteiger partial charge in [-0.05, 0) is 17.5 Å². The average molecular weight is 236 g/mol. The number of aromatic amines is 1. The molecular formula is C11H12N2S2. The van der Waals surface area contributed by atoms with Crippen molar-refractivity contribution in [1.29, 1.82) is 0 Å². The van der Waals surface area contributed by atoms with Gasteiger partial charge < -0.3 is 10.3 Å². The van der Waals surface area contributed by atoms with Gasteiger partial charge in [0, 0.05) is 24.2 Å². The van der Waals surface area contributed by atoms with E-state index in [0.29, 0.717) is 4.32 Å². The van der Waals surface area contributed by atoms with Crippen LogP contribution in [0.5, 0.6) is 0 Å². The number of hydrogen-bond acceptors (Lipinski definition) is 1. The molecule has 0 bridgehead atoms. The maximum atomic E-state index is 4.82. The molecule has 0 aliphatic rings. The van der Waals surface area contributed by atoms with Crippen LogP contribution in [0.25, 0.3) is 10.9 Å². The third kappa shape index (κ3) is 2.73. The first-order valence-corrected chi connectivity index (χ1v) is 5.65. The number of benzene rings is 1. The highest BCUT2D eigenvalue weighted by atomic mass is 32.1. The second-order valence-corrected chi connectivity index (χ2v) is 4.52. The van der Waals surface area contributed by atoms with Gasteiger partial charge in [0.2, 0.25) is 0 Å². The van der Waals surface area contributed by atoms with E-state index in [2.05, 4.69) is 41.1 Å². The minimum Gasteiger partial charge on any atom is -0.371 e. The Bertz CT molecular complexity index is 443. The van der Waals surface area contributed by atoms with Gasteiger partial charge in [-0.1, -0.05) is 30.4 Å². The number of hydrogen-bond donors (Lipinski definition) is 3. The molecule has 78 valence electrons. The van der Waals surface area contributed by atoms with Crippen molar-refractivity contribution in [3.05, 3.63) is 36.0 Å². The van der Waals surface area contributed by atoms with Crippen LogP contribution in [-0.2, 0) is 6.42 Å². The molecule has 0 radical (unpaired) electrons. The second kappa shape index (κ2) is 4.68. The van der Waals surface area contributed by atoms with E-state index in [0.717, 1.165) is 13.0 Å².